The Morgan fingerprint density at radius 1 is 1.05 bits per heavy atom. The van der Waals surface area contributed by atoms with Crippen LogP contribution in [0.5, 0.6) is 0 Å². The highest BCUT2D eigenvalue weighted by atomic mass is 32.1. The minimum Gasteiger partial charge on any atom is -0.326 e. The monoisotopic (exact) mass is 294 g/mol. The SMILES string of the molecule is Cc1ccc(C)c(-c2csc(-c3ccccc3CN)n2)c1. The molecule has 0 aliphatic carbocycles. The van der Waals surface area contributed by atoms with E-state index in [1.165, 1.54) is 16.7 Å². The Balaban J connectivity index is 2.06. The third-order valence-corrected chi connectivity index (χ3v) is 4.52. The molecule has 0 bridgehead atoms. The highest BCUT2D eigenvalue weighted by Crippen LogP contribution is 2.32. The summed E-state index contributed by atoms with van der Waals surface area (Å²) in [5, 5.41) is 3.16. The fourth-order valence-corrected chi connectivity index (χ4v) is 3.32. The zero-order valence-corrected chi connectivity index (χ0v) is 13.1. The zero-order valence-electron chi connectivity index (χ0n) is 12.3. The van der Waals surface area contributed by atoms with E-state index in [2.05, 4.69) is 49.6 Å². The van der Waals surface area contributed by atoms with Gasteiger partial charge in [-0.1, -0.05) is 42.0 Å². The van der Waals surface area contributed by atoms with Crippen LogP contribution in [0.25, 0.3) is 21.8 Å². The predicted octanol–water partition coefficient (Wildman–Crippen LogP) is 4.55. The lowest BCUT2D eigenvalue weighted by Gasteiger charge is -2.05. The molecule has 2 nitrogen and oxygen atoms in total. The molecule has 0 aliphatic heterocycles. The third-order valence-electron chi connectivity index (χ3n) is 3.64. The topological polar surface area (TPSA) is 38.9 Å². The maximum absolute atomic E-state index is 5.83. The second kappa shape index (κ2) is 5.80. The van der Waals surface area contributed by atoms with Crippen LogP contribution in [0.2, 0.25) is 0 Å². The Kier molecular flexibility index (Phi) is 3.86. The van der Waals surface area contributed by atoms with Crippen LogP contribution in [0.4, 0.5) is 0 Å². The minimum absolute atomic E-state index is 0.536. The number of aryl methyl sites for hydroxylation is 2. The smallest absolute Gasteiger partial charge is 0.124 e. The van der Waals surface area contributed by atoms with Gasteiger partial charge in [0.2, 0.25) is 0 Å². The second-order valence-corrected chi connectivity index (χ2v) is 6.08. The van der Waals surface area contributed by atoms with Gasteiger partial charge in [-0.2, -0.15) is 0 Å². The predicted molar refractivity (Wildman–Crippen MR) is 90.4 cm³/mol. The average Bonchev–Trinajstić information content (AvgIpc) is 2.99. The standard InChI is InChI=1S/C18H18N2S/c1-12-7-8-13(2)16(9-12)17-11-21-18(20-17)15-6-4-3-5-14(15)10-19/h3-9,11H,10,19H2,1-2H3. The van der Waals surface area contributed by atoms with Crippen LogP contribution >= 0.6 is 11.3 Å². The first-order valence-corrected chi connectivity index (χ1v) is 7.88. The molecule has 0 fully saturated rings. The quantitative estimate of drug-likeness (QED) is 0.769. The first-order chi connectivity index (χ1) is 10.2. The van der Waals surface area contributed by atoms with Crippen molar-refractivity contribution >= 4 is 11.3 Å². The van der Waals surface area contributed by atoms with Crippen molar-refractivity contribution in [3.05, 3.63) is 64.5 Å². The normalized spacial score (nSPS) is 10.8. The number of benzene rings is 2. The zero-order chi connectivity index (χ0) is 14.8. The summed E-state index contributed by atoms with van der Waals surface area (Å²) in [7, 11) is 0. The summed E-state index contributed by atoms with van der Waals surface area (Å²) in [6, 6.07) is 14.7. The van der Waals surface area contributed by atoms with E-state index in [0.717, 1.165) is 21.8 Å². The summed E-state index contributed by atoms with van der Waals surface area (Å²) in [6.45, 7) is 4.77. The van der Waals surface area contributed by atoms with Crippen molar-refractivity contribution in [2.75, 3.05) is 0 Å². The van der Waals surface area contributed by atoms with Gasteiger partial charge in [0, 0.05) is 23.1 Å². The summed E-state index contributed by atoms with van der Waals surface area (Å²) in [5.41, 5.74) is 12.9. The molecule has 3 aromatic rings. The first-order valence-electron chi connectivity index (χ1n) is 7.00. The average molecular weight is 294 g/mol. The number of aromatic nitrogens is 1. The maximum Gasteiger partial charge on any atom is 0.124 e. The van der Waals surface area contributed by atoms with Crippen molar-refractivity contribution in [2.24, 2.45) is 5.73 Å². The van der Waals surface area contributed by atoms with Crippen LogP contribution in [0.15, 0.2) is 47.8 Å². The van der Waals surface area contributed by atoms with Crippen LogP contribution in [-0.4, -0.2) is 4.98 Å². The van der Waals surface area contributed by atoms with Gasteiger partial charge in [-0.05, 0) is 31.0 Å². The summed E-state index contributed by atoms with van der Waals surface area (Å²) < 4.78 is 0. The molecule has 1 heterocycles. The van der Waals surface area contributed by atoms with Crippen molar-refractivity contribution in [3.8, 4) is 21.8 Å². The molecule has 0 aliphatic rings. The lowest BCUT2D eigenvalue weighted by molar-refractivity contribution is 1.07. The van der Waals surface area contributed by atoms with Gasteiger partial charge in [0.15, 0.2) is 0 Å². The fourth-order valence-electron chi connectivity index (χ4n) is 2.44. The van der Waals surface area contributed by atoms with Crippen molar-refractivity contribution in [1.29, 1.82) is 0 Å². The van der Waals surface area contributed by atoms with Gasteiger partial charge in [-0.15, -0.1) is 11.3 Å². The number of rotatable bonds is 3. The summed E-state index contributed by atoms with van der Waals surface area (Å²) >= 11 is 1.67. The van der Waals surface area contributed by atoms with Gasteiger partial charge in [-0.3, -0.25) is 0 Å². The molecule has 106 valence electrons. The Morgan fingerprint density at radius 2 is 1.86 bits per heavy atom. The molecular formula is C18H18N2S. The van der Waals surface area contributed by atoms with E-state index >= 15 is 0 Å². The van der Waals surface area contributed by atoms with Crippen molar-refractivity contribution in [3.63, 3.8) is 0 Å². The van der Waals surface area contributed by atoms with Gasteiger partial charge < -0.3 is 5.73 Å². The van der Waals surface area contributed by atoms with Crippen LogP contribution in [0, 0.1) is 13.8 Å². The second-order valence-electron chi connectivity index (χ2n) is 5.22. The molecule has 0 radical (unpaired) electrons. The Morgan fingerprint density at radius 3 is 2.67 bits per heavy atom. The molecule has 0 saturated carbocycles. The molecular weight excluding hydrogens is 276 g/mol. The summed E-state index contributed by atoms with van der Waals surface area (Å²) in [6.07, 6.45) is 0. The first kappa shape index (κ1) is 14.0. The lowest BCUT2D eigenvalue weighted by atomic mass is 10.0. The Hall–Kier alpha value is -1.97. The van der Waals surface area contributed by atoms with Gasteiger partial charge in [0.25, 0.3) is 0 Å². The molecule has 1 aromatic heterocycles. The van der Waals surface area contributed by atoms with Crippen LogP contribution in [0.1, 0.15) is 16.7 Å². The number of hydrogen-bond acceptors (Lipinski definition) is 3. The van der Waals surface area contributed by atoms with E-state index in [1.807, 2.05) is 12.1 Å². The molecule has 3 heteroatoms. The maximum atomic E-state index is 5.83. The summed E-state index contributed by atoms with van der Waals surface area (Å²) in [5.74, 6) is 0. The van der Waals surface area contributed by atoms with Crippen molar-refractivity contribution in [2.45, 2.75) is 20.4 Å². The molecule has 0 amide bonds. The van der Waals surface area contributed by atoms with Gasteiger partial charge in [0.1, 0.15) is 5.01 Å². The van der Waals surface area contributed by atoms with Gasteiger partial charge in [0.05, 0.1) is 5.69 Å². The van der Waals surface area contributed by atoms with Gasteiger partial charge >= 0.3 is 0 Å². The highest BCUT2D eigenvalue weighted by molar-refractivity contribution is 7.13. The Bertz CT molecular complexity index is 774. The van der Waals surface area contributed by atoms with Gasteiger partial charge in [-0.25, -0.2) is 4.98 Å². The number of thiazole rings is 1. The number of nitrogens with two attached hydrogens (primary N) is 1. The summed E-state index contributed by atoms with van der Waals surface area (Å²) in [4.78, 5) is 4.82. The molecule has 2 N–H and O–H groups in total. The van der Waals surface area contributed by atoms with Crippen molar-refractivity contribution < 1.29 is 0 Å². The van der Waals surface area contributed by atoms with E-state index in [9.17, 15) is 0 Å². The Labute approximate surface area is 129 Å². The molecule has 2 aromatic carbocycles. The molecule has 0 spiro atoms. The molecule has 0 atom stereocenters. The lowest BCUT2D eigenvalue weighted by Crippen LogP contribution is -1.98. The van der Waals surface area contributed by atoms with E-state index in [0.29, 0.717) is 6.54 Å². The number of nitrogens with zero attached hydrogens (tertiary/aromatic N) is 1. The highest BCUT2D eigenvalue weighted by Gasteiger charge is 2.11. The molecule has 21 heavy (non-hydrogen) atoms. The largest absolute Gasteiger partial charge is 0.326 e. The van der Waals surface area contributed by atoms with E-state index in [4.69, 9.17) is 10.7 Å². The molecule has 0 unspecified atom stereocenters. The minimum atomic E-state index is 0.536. The van der Waals surface area contributed by atoms with Crippen LogP contribution in [0.3, 0.4) is 0 Å². The van der Waals surface area contributed by atoms with Crippen LogP contribution < -0.4 is 5.73 Å². The molecule has 3 rings (SSSR count). The van der Waals surface area contributed by atoms with Crippen LogP contribution in [-0.2, 0) is 6.54 Å². The van der Waals surface area contributed by atoms with E-state index < -0.39 is 0 Å². The van der Waals surface area contributed by atoms with E-state index in [-0.39, 0.29) is 0 Å². The van der Waals surface area contributed by atoms with Crippen molar-refractivity contribution in [1.82, 2.24) is 4.98 Å². The third kappa shape index (κ3) is 2.75. The fraction of sp³-hybridized carbons (Fsp3) is 0.167. The van der Waals surface area contributed by atoms with E-state index in [1.54, 1.807) is 11.3 Å². The molecule has 0 saturated heterocycles. The number of hydrogen-bond donors (Lipinski definition) is 1.